The van der Waals surface area contributed by atoms with Crippen LogP contribution in [0.1, 0.15) is 32.3 Å². The van der Waals surface area contributed by atoms with E-state index in [4.69, 9.17) is 9.47 Å². The summed E-state index contributed by atoms with van der Waals surface area (Å²) in [5, 5.41) is 18.8. The second-order valence-electron chi connectivity index (χ2n) is 10.3. The molecule has 0 fully saturated rings. The van der Waals surface area contributed by atoms with Crippen LogP contribution in [-0.4, -0.2) is 14.2 Å². The topological polar surface area (TPSA) is 69.3 Å². The Bertz CT molecular complexity index is 1310. The second-order valence-corrected chi connectivity index (χ2v) is 10.3. The van der Waals surface area contributed by atoms with Crippen molar-refractivity contribution in [2.75, 3.05) is 19.1 Å². The summed E-state index contributed by atoms with van der Waals surface area (Å²) < 4.78 is 10.7. The van der Waals surface area contributed by atoms with Gasteiger partial charge >= 0.3 is 0 Å². The van der Waals surface area contributed by atoms with Gasteiger partial charge in [-0.05, 0) is 84.5 Å². The van der Waals surface area contributed by atoms with E-state index in [0.29, 0.717) is 0 Å². The lowest BCUT2D eigenvalue weighted by atomic mass is 9.69. The summed E-state index contributed by atoms with van der Waals surface area (Å²) >= 11 is 0. The van der Waals surface area contributed by atoms with Crippen molar-refractivity contribution in [3.63, 3.8) is 0 Å². The number of nitriles is 2. The molecule has 0 bridgehead atoms. The van der Waals surface area contributed by atoms with Crippen LogP contribution in [0.5, 0.6) is 11.5 Å². The molecule has 0 radical (unpaired) electrons. The van der Waals surface area contributed by atoms with E-state index in [2.05, 4.69) is 73.4 Å². The molecule has 1 unspecified atom stereocenters. The van der Waals surface area contributed by atoms with Crippen LogP contribution in [0.3, 0.4) is 0 Å². The summed E-state index contributed by atoms with van der Waals surface area (Å²) in [7, 11) is 3.33. The van der Waals surface area contributed by atoms with E-state index >= 15 is 0 Å². The van der Waals surface area contributed by atoms with Crippen molar-refractivity contribution >= 4 is 23.1 Å². The standard InChI is InChI=1S/C33H33N3O2/c1-33(2)20-25(19-26(21-33)27(22-34)23-35)6-5-24-7-9-28(10-8-24)36(29-11-15-31(37-3)16-12-29)30-13-17-32(38-4)18-14-30/h5-19,26-27H,20-21H2,1-4H3/b6-5+. The minimum atomic E-state index is -0.612. The maximum atomic E-state index is 9.39. The lowest BCUT2D eigenvalue weighted by Crippen LogP contribution is -2.25. The number of anilines is 3. The first-order valence-electron chi connectivity index (χ1n) is 12.7. The van der Waals surface area contributed by atoms with Crippen LogP contribution >= 0.6 is 0 Å². The summed E-state index contributed by atoms with van der Waals surface area (Å²) in [6.45, 7) is 4.41. The molecule has 0 heterocycles. The third-order valence-electron chi connectivity index (χ3n) is 6.91. The highest BCUT2D eigenvalue weighted by atomic mass is 16.5. The van der Waals surface area contributed by atoms with Gasteiger partial charge in [-0.3, -0.25) is 0 Å². The Balaban J connectivity index is 1.61. The Morgan fingerprint density at radius 1 is 0.789 bits per heavy atom. The van der Waals surface area contributed by atoms with Crippen LogP contribution in [-0.2, 0) is 0 Å². The first-order chi connectivity index (χ1) is 18.4. The molecule has 3 aromatic rings. The normalized spacial score (nSPS) is 16.4. The lowest BCUT2D eigenvalue weighted by Gasteiger charge is -2.34. The van der Waals surface area contributed by atoms with Crippen molar-refractivity contribution in [3.05, 3.63) is 96.1 Å². The van der Waals surface area contributed by atoms with E-state index in [-0.39, 0.29) is 11.3 Å². The molecule has 5 nitrogen and oxygen atoms in total. The lowest BCUT2D eigenvalue weighted by molar-refractivity contribution is 0.260. The van der Waals surface area contributed by atoms with Gasteiger partial charge in [0.05, 0.1) is 26.4 Å². The van der Waals surface area contributed by atoms with Crippen LogP contribution in [0.2, 0.25) is 0 Å². The summed E-state index contributed by atoms with van der Waals surface area (Å²) in [6.07, 6.45) is 8.11. The molecule has 1 atom stereocenters. The van der Waals surface area contributed by atoms with E-state index in [1.807, 2.05) is 48.5 Å². The Morgan fingerprint density at radius 2 is 1.26 bits per heavy atom. The van der Waals surface area contributed by atoms with E-state index in [1.54, 1.807) is 14.2 Å². The first kappa shape index (κ1) is 26.6. The van der Waals surface area contributed by atoms with Gasteiger partial charge in [-0.2, -0.15) is 10.5 Å². The quantitative estimate of drug-likeness (QED) is 0.310. The molecule has 1 aliphatic rings. The van der Waals surface area contributed by atoms with Crippen molar-refractivity contribution in [3.8, 4) is 23.6 Å². The molecule has 0 saturated carbocycles. The Labute approximate surface area is 225 Å². The van der Waals surface area contributed by atoms with Crippen LogP contribution in [0.15, 0.2) is 90.5 Å². The fourth-order valence-electron chi connectivity index (χ4n) is 5.05. The number of methoxy groups -OCH3 is 2. The monoisotopic (exact) mass is 503 g/mol. The highest BCUT2D eigenvalue weighted by Gasteiger charge is 2.32. The second kappa shape index (κ2) is 11.7. The first-order valence-corrected chi connectivity index (χ1v) is 12.7. The number of allylic oxidation sites excluding steroid dienone is 3. The molecule has 1 aliphatic carbocycles. The van der Waals surface area contributed by atoms with Crippen LogP contribution in [0.25, 0.3) is 6.08 Å². The number of benzene rings is 3. The van der Waals surface area contributed by atoms with Crippen molar-refractivity contribution in [1.29, 1.82) is 10.5 Å². The number of ether oxygens (including phenoxy) is 2. The number of nitrogens with zero attached hydrogens (tertiary/aromatic N) is 3. The van der Waals surface area contributed by atoms with Gasteiger partial charge in [0.1, 0.15) is 17.4 Å². The highest BCUT2D eigenvalue weighted by Crippen LogP contribution is 2.41. The molecule has 0 N–H and O–H groups in total. The minimum absolute atomic E-state index is 0.0432. The maximum Gasteiger partial charge on any atom is 0.139 e. The third-order valence-corrected chi connectivity index (χ3v) is 6.91. The predicted molar refractivity (Wildman–Crippen MR) is 153 cm³/mol. The molecule has 0 aliphatic heterocycles. The molecule has 0 aromatic heterocycles. The molecule has 0 amide bonds. The van der Waals surface area contributed by atoms with Gasteiger partial charge in [0, 0.05) is 23.0 Å². The molecule has 0 spiro atoms. The minimum Gasteiger partial charge on any atom is -0.497 e. The Morgan fingerprint density at radius 3 is 1.71 bits per heavy atom. The SMILES string of the molecule is COc1ccc(N(c2ccc(/C=C/C3=CC(C(C#N)C#N)CC(C)(C)C3)cc2)c2ccc(OC)cc2)cc1. The van der Waals surface area contributed by atoms with Crippen molar-refractivity contribution in [2.24, 2.45) is 17.3 Å². The Hall–Kier alpha value is -4.48. The molecule has 38 heavy (non-hydrogen) atoms. The predicted octanol–water partition coefficient (Wildman–Crippen LogP) is 8.21. The van der Waals surface area contributed by atoms with E-state index < -0.39 is 5.92 Å². The average molecular weight is 504 g/mol. The Kier molecular flexibility index (Phi) is 8.19. The zero-order valence-electron chi connectivity index (χ0n) is 22.4. The van der Waals surface area contributed by atoms with Crippen molar-refractivity contribution in [2.45, 2.75) is 26.7 Å². The molecule has 192 valence electrons. The van der Waals surface area contributed by atoms with E-state index in [1.165, 1.54) is 5.57 Å². The maximum absolute atomic E-state index is 9.39. The highest BCUT2D eigenvalue weighted by molar-refractivity contribution is 5.77. The zero-order chi connectivity index (χ0) is 27.1. The molecular formula is C33H33N3O2. The molecule has 0 saturated heterocycles. The van der Waals surface area contributed by atoms with Gasteiger partial charge in [-0.1, -0.05) is 49.8 Å². The fourth-order valence-corrected chi connectivity index (χ4v) is 5.05. The molecule has 4 rings (SSSR count). The third kappa shape index (κ3) is 6.25. The summed E-state index contributed by atoms with van der Waals surface area (Å²) in [5.41, 5.74) is 5.36. The van der Waals surface area contributed by atoms with Crippen LogP contribution in [0.4, 0.5) is 17.1 Å². The average Bonchev–Trinajstić information content (AvgIpc) is 2.93. The number of rotatable bonds is 8. The molecule has 3 aromatic carbocycles. The number of hydrogen-bond acceptors (Lipinski definition) is 5. The van der Waals surface area contributed by atoms with Crippen molar-refractivity contribution < 1.29 is 9.47 Å². The van der Waals surface area contributed by atoms with Gasteiger partial charge in [-0.15, -0.1) is 0 Å². The van der Waals surface area contributed by atoms with E-state index in [9.17, 15) is 10.5 Å². The van der Waals surface area contributed by atoms with Gasteiger partial charge < -0.3 is 14.4 Å². The smallest absolute Gasteiger partial charge is 0.139 e. The van der Waals surface area contributed by atoms with Gasteiger partial charge in [0.15, 0.2) is 0 Å². The van der Waals surface area contributed by atoms with E-state index in [0.717, 1.165) is 47.0 Å². The summed E-state index contributed by atoms with van der Waals surface area (Å²) in [4.78, 5) is 2.19. The van der Waals surface area contributed by atoms with Crippen LogP contribution in [0, 0.1) is 39.9 Å². The summed E-state index contributed by atoms with van der Waals surface area (Å²) in [6, 6.07) is 28.7. The van der Waals surface area contributed by atoms with Crippen LogP contribution < -0.4 is 14.4 Å². The zero-order valence-corrected chi connectivity index (χ0v) is 22.4. The number of hydrogen-bond donors (Lipinski definition) is 0. The molecular weight excluding hydrogens is 470 g/mol. The fraction of sp³-hybridized carbons (Fsp3) is 0.273. The summed E-state index contributed by atoms with van der Waals surface area (Å²) in [5.74, 6) is 0.960. The largest absolute Gasteiger partial charge is 0.497 e. The van der Waals surface area contributed by atoms with Gasteiger partial charge in [0.2, 0.25) is 0 Å². The van der Waals surface area contributed by atoms with Gasteiger partial charge in [-0.25, -0.2) is 0 Å². The van der Waals surface area contributed by atoms with Gasteiger partial charge in [0.25, 0.3) is 0 Å². The van der Waals surface area contributed by atoms with Crippen molar-refractivity contribution in [1.82, 2.24) is 0 Å². The molecule has 5 heteroatoms.